The monoisotopic (exact) mass is 261 g/mol. The number of nitriles is 1. The lowest BCUT2D eigenvalue weighted by Crippen LogP contribution is -2.50. The first-order valence-electron chi connectivity index (χ1n) is 5.81. The summed E-state index contributed by atoms with van der Waals surface area (Å²) in [6.07, 6.45) is 0.509. The molecule has 2 rings (SSSR count). The van der Waals surface area contributed by atoms with Gasteiger partial charge in [0, 0.05) is 12.0 Å². The highest BCUT2D eigenvalue weighted by atomic mass is 19.1. The maximum absolute atomic E-state index is 13.7. The summed E-state index contributed by atoms with van der Waals surface area (Å²) in [4.78, 5) is 24.4. The van der Waals surface area contributed by atoms with Crippen LogP contribution < -0.4 is 5.73 Å². The second kappa shape index (κ2) is 5.16. The first-order chi connectivity index (χ1) is 9.02. The van der Waals surface area contributed by atoms with Crippen LogP contribution in [0.1, 0.15) is 24.0 Å². The molecule has 1 fully saturated rings. The zero-order valence-corrected chi connectivity index (χ0v) is 10.1. The van der Waals surface area contributed by atoms with E-state index in [0.717, 1.165) is 11.0 Å². The van der Waals surface area contributed by atoms with E-state index >= 15 is 0 Å². The fourth-order valence-corrected chi connectivity index (χ4v) is 1.94. The maximum atomic E-state index is 13.7. The highest BCUT2D eigenvalue weighted by Gasteiger charge is 2.32. The summed E-state index contributed by atoms with van der Waals surface area (Å²) in [6.45, 7) is -0.150. The van der Waals surface area contributed by atoms with E-state index in [0.29, 0.717) is 6.42 Å². The summed E-state index contributed by atoms with van der Waals surface area (Å²) >= 11 is 0. The normalized spacial score (nSPS) is 19.4. The van der Waals surface area contributed by atoms with Gasteiger partial charge in [-0.1, -0.05) is 6.07 Å². The lowest BCUT2D eigenvalue weighted by Gasteiger charge is -2.28. The van der Waals surface area contributed by atoms with E-state index in [1.807, 2.05) is 6.07 Å². The molecule has 0 saturated carbocycles. The summed E-state index contributed by atoms with van der Waals surface area (Å²) < 4.78 is 13.7. The SMILES string of the molecule is N#Cc1ccc(CN2C(=O)CCC(N)C2=O)c(F)c1. The maximum Gasteiger partial charge on any atom is 0.246 e. The Hall–Kier alpha value is -2.26. The van der Waals surface area contributed by atoms with Gasteiger partial charge in [-0.3, -0.25) is 14.5 Å². The lowest BCUT2D eigenvalue weighted by molar-refractivity contribution is -0.149. The van der Waals surface area contributed by atoms with Crippen LogP contribution in [0, 0.1) is 17.1 Å². The van der Waals surface area contributed by atoms with E-state index in [4.69, 9.17) is 11.0 Å². The first kappa shape index (κ1) is 13.2. The number of halogens is 1. The van der Waals surface area contributed by atoms with Gasteiger partial charge in [0.15, 0.2) is 0 Å². The number of carbonyl (C=O) groups is 2. The van der Waals surface area contributed by atoms with Gasteiger partial charge < -0.3 is 5.73 Å². The van der Waals surface area contributed by atoms with Crippen LogP contribution in [0.5, 0.6) is 0 Å². The van der Waals surface area contributed by atoms with Crippen molar-refractivity contribution in [3.63, 3.8) is 0 Å². The standard InChI is InChI=1S/C13H12FN3O2/c14-10-5-8(6-15)1-2-9(10)7-17-12(18)4-3-11(16)13(17)19/h1-2,5,11H,3-4,7,16H2. The minimum Gasteiger partial charge on any atom is -0.320 e. The van der Waals surface area contributed by atoms with Gasteiger partial charge in [-0.15, -0.1) is 0 Å². The molecule has 0 aliphatic carbocycles. The van der Waals surface area contributed by atoms with Crippen molar-refractivity contribution in [2.45, 2.75) is 25.4 Å². The van der Waals surface area contributed by atoms with Crippen LogP contribution in [0.2, 0.25) is 0 Å². The molecule has 1 aliphatic heterocycles. The van der Waals surface area contributed by atoms with E-state index in [1.165, 1.54) is 12.1 Å². The van der Waals surface area contributed by atoms with Crippen LogP contribution in [0.3, 0.4) is 0 Å². The van der Waals surface area contributed by atoms with Crippen LogP contribution in [-0.4, -0.2) is 22.8 Å². The number of likely N-dealkylation sites (tertiary alicyclic amines) is 1. The van der Waals surface area contributed by atoms with Crippen molar-refractivity contribution in [1.82, 2.24) is 4.90 Å². The molecule has 1 aliphatic rings. The summed E-state index contributed by atoms with van der Waals surface area (Å²) in [7, 11) is 0. The Bertz CT molecular complexity index is 580. The van der Waals surface area contributed by atoms with Crippen LogP contribution in [0.4, 0.5) is 4.39 Å². The number of hydrogen-bond acceptors (Lipinski definition) is 4. The van der Waals surface area contributed by atoms with Gasteiger partial charge >= 0.3 is 0 Å². The number of hydrogen-bond donors (Lipinski definition) is 1. The van der Waals surface area contributed by atoms with Gasteiger partial charge in [-0.2, -0.15) is 5.26 Å². The molecule has 1 atom stereocenters. The van der Waals surface area contributed by atoms with Crippen molar-refractivity contribution in [3.8, 4) is 6.07 Å². The molecule has 0 bridgehead atoms. The highest BCUT2D eigenvalue weighted by Crippen LogP contribution is 2.18. The number of nitrogens with zero attached hydrogens (tertiary/aromatic N) is 2. The Labute approximate surface area is 109 Å². The van der Waals surface area contributed by atoms with E-state index in [-0.39, 0.29) is 30.0 Å². The van der Waals surface area contributed by atoms with Gasteiger partial charge in [0.1, 0.15) is 5.82 Å². The van der Waals surface area contributed by atoms with Gasteiger partial charge in [0.05, 0.1) is 24.2 Å². The third-order valence-corrected chi connectivity index (χ3v) is 3.06. The number of rotatable bonds is 2. The molecule has 1 aromatic carbocycles. The third kappa shape index (κ3) is 2.61. The van der Waals surface area contributed by atoms with Crippen molar-refractivity contribution in [2.24, 2.45) is 5.73 Å². The molecule has 98 valence electrons. The predicted molar refractivity (Wildman–Crippen MR) is 63.9 cm³/mol. The zero-order valence-electron chi connectivity index (χ0n) is 10.1. The minimum absolute atomic E-state index is 0.150. The summed E-state index contributed by atoms with van der Waals surface area (Å²) in [5.74, 6) is -1.45. The minimum atomic E-state index is -0.709. The molecule has 2 amide bonds. The Kier molecular flexibility index (Phi) is 3.58. The Morgan fingerprint density at radius 1 is 1.47 bits per heavy atom. The number of nitrogens with two attached hydrogens (primary N) is 1. The Morgan fingerprint density at radius 2 is 2.21 bits per heavy atom. The first-order valence-corrected chi connectivity index (χ1v) is 5.81. The van der Waals surface area contributed by atoms with Gasteiger partial charge in [-0.25, -0.2) is 4.39 Å². The number of amides is 2. The molecule has 2 N–H and O–H groups in total. The Morgan fingerprint density at radius 3 is 2.84 bits per heavy atom. The molecular weight excluding hydrogens is 249 g/mol. The number of piperidine rings is 1. The second-order valence-electron chi connectivity index (χ2n) is 4.38. The average Bonchev–Trinajstić information content (AvgIpc) is 2.40. The molecule has 1 saturated heterocycles. The van der Waals surface area contributed by atoms with Gasteiger partial charge in [0.2, 0.25) is 11.8 Å². The van der Waals surface area contributed by atoms with Crippen molar-refractivity contribution >= 4 is 11.8 Å². The second-order valence-corrected chi connectivity index (χ2v) is 4.38. The molecule has 1 aromatic rings. The van der Waals surface area contributed by atoms with Crippen LogP contribution >= 0.6 is 0 Å². The fourth-order valence-electron chi connectivity index (χ4n) is 1.94. The van der Waals surface area contributed by atoms with Gasteiger partial charge in [0.25, 0.3) is 0 Å². The van der Waals surface area contributed by atoms with E-state index in [2.05, 4.69) is 0 Å². The molecule has 1 unspecified atom stereocenters. The Balaban J connectivity index is 2.23. The van der Waals surface area contributed by atoms with Crippen molar-refractivity contribution in [3.05, 3.63) is 35.1 Å². The quantitative estimate of drug-likeness (QED) is 0.793. The van der Waals surface area contributed by atoms with E-state index in [1.54, 1.807) is 0 Å². The molecule has 19 heavy (non-hydrogen) atoms. The topological polar surface area (TPSA) is 87.2 Å². The third-order valence-electron chi connectivity index (χ3n) is 3.06. The molecular formula is C13H12FN3O2. The molecule has 1 heterocycles. The molecule has 0 spiro atoms. The molecule has 5 nitrogen and oxygen atoms in total. The average molecular weight is 261 g/mol. The van der Waals surface area contributed by atoms with Crippen LogP contribution in [0.15, 0.2) is 18.2 Å². The van der Waals surface area contributed by atoms with Crippen LogP contribution in [0.25, 0.3) is 0 Å². The number of imide groups is 1. The van der Waals surface area contributed by atoms with Crippen molar-refractivity contribution < 1.29 is 14.0 Å². The van der Waals surface area contributed by atoms with Crippen LogP contribution in [-0.2, 0) is 16.1 Å². The van der Waals surface area contributed by atoms with E-state index in [9.17, 15) is 14.0 Å². The number of carbonyl (C=O) groups excluding carboxylic acids is 2. The smallest absolute Gasteiger partial charge is 0.246 e. The summed E-state index contributed by atoms with van der Waals surface area (Å²) in [6, 6.07) is 5.02. The summed E-state index contributed by atoms with van der Waals surface area (Å²) in [5, 5.41) is 8.64. The fraction of sp³-hybridized carbons (Fsp3) is 0.308. The largest absolute Gasteiger partial charge is 0.320 e. The summed E-state index contributed by atoms with van der Waals surface area (Å²) in [5.41, 5.74) is 5.97. The zero-order chi connectivity index (χ0) is 14.0. The van der Waals surface area contributed by atoms with Crippen molar-refractivity contribution in [2.75, 3.05) is 0 Å². The van der Waals surface area contributed by atoms with E-state index < -0.39 is 17.8 Å². The predicted octanol–water partition coefficient (Wildman–Crippen LogP) is 0.674. The highest BCUT2D eigenvalue weighted by molar-refractivity contribution is 6.00. The molecule has 0 aromatic heterocycles. The van der Waals surface area contributed by atoms with Crippen molar-refractivity contribution in [1.29, 1.82) is 5.26 Å². The molecule has 0 radical (unpaired) electrons. The molecule has 6 heteroatoms. The lowest BCUT2D eigenvalue weighted by atomic mass is 10.0. The number of benzene rings is 1. The van der Waals surface area contributed by atoms with Gasteiger partial charge in [-0.05, 0) is 18.6 Å².